The van der Waals surface area contributed by atoms with Gasteiger partial charge in [0.05, 0.1) is 10.8 Å². The number of piperidine rings is 1. The van der Waals surface area contributed by atoms with Crippen LogP contribution in [0.3, 0.4) is 0 Å². The van der Waals surface area contributed by atoms with Crippen LogP contribution in [-0.2, 0) is 14.8 Å². The van der Waals surface area contributed by atoms with Crippen LogP contribution in [-0.4, -0.2) is 42.4 Å². The van der Waals surface area contributed by atoms with E-state index in [9.17, 15) is 13.2 Å². The van der Waals surface area contributed by atoms with Crippen LogP contribution < -0.4 is 14.9 Å². The first-order valence-corrected chi connectivity index (χ1v) is 13.2. The second-order valence-corrected chi connectivity index (χ2v) is 10.9. The van der Waals surface area contributed by atoms with Gasteiger partial charge in [0.15, 0.2) is 5.13 Å². The second-order valence-electron chi connectivity index (χ2n) is 8.32. The molecule has 1 saturated heterocycles. The summed E-state index contributed by atoms with van der Waals surface area (Å²) >= 11 is 1.21. The van der Waals surface area contributed by atoms with Crippen molar-refractivity contribution in [2.24, 2.45) is 5.92 Å². The number of aromatic nitrogens is 3. The van der Waals surface area contributed by atoms with Crippen molar-refractivity contribution in [1.82, 2.24) is 15.0 Å². The zero-order chi connectivity index (χ0) is 22.8. The molecule has 3 heterocycles. The zero-order valence-corrected chi connectivity index (χ0v) is 19.5. The van der Waals surface area contributed by atoms with Crippen molar-refractivity contribution < 1.29 is 13.2 Å². The van der Waals surface area contributed by atoms with Crippen molar-refractivity contribution in [3.8, 4) is 0 Å². The van der Waals surface area contributed by atoms with E-state index in [1.54, 1.807) is 23.8 Å². The first-order chi connectivity index (χ1) is 16.0. The largest absolute Gasteiger partial charge is 0.356 e. The number of nitrogens with zero attached hydrogens (tertiary/aromatic N) is 4. The molecule has 0 radical (unpaired) electrons. The molecule has 2 aliphatic rings. The third-order valence-corrected chi connectivity index (χ3v) is 8.04. The first kappa shape index (κ1) is 21.8. The van der Waals surface area contributed by atoms with Gasteiger partial charge in [-0.1, -0.05) is 0 Å². The maximum Gasteiger partial charge on any atom is 0.263 e. The molecule has 1 aliphatic carbocycles. The van der Waals surface area contributed by atoms with Gasteiger partial charge in [-0.25, -0.2) is 23.4 Å². The van der Waals surface area contributed by atoms with Gasteiger partial charge in [0.2, 0.25) is 5.91 Å². The lowest BCUT2D eigenvalue weighted by atomic mass is 9.97. The first-order valence-electron chi connectivity index (χ1n) is 10.9. The number of sulfonamides is 1. The van der Waals surface area contributed by atoms with E-state index in [4.69, 9.17) is 0 Å². The Bertz CT molecular complexity index is 1230. The molecule has 5 rings (SSSR count). The van der Waals surface area contributed by atoms with E-state index in [-0.39, 0.29) is 16.7 Å². The van der Waals surface area contributed by atoms with Gasteiger partial charge in [0, 0.05) is 48.0 Å². The van der Waals surface area contributed by atoms with E-state index in [1.165, 1.54) is 42.5 Å². The molecule has 0 spiro atoms. The predicted octanol–water partition coefficient (Wildman–Crippen LogP) is 3.47. The van der Waals surface area contributed by atoms with Crippen LogP contribution in [0, 0.1) is 5.92 Å². The Hall–Kier alpha value is -3.05. The van der Waals surface area contributed by atoms with Crippen LogP contribution in [0.4, 0.5) is 16.6 Å². The summed E-state index contributed by atoms with van der Waals surface area (Å²) in [6.45, 7) is 1.46. The number of hydrogen-bond donors (Lipinski definition) is 2. The molecule has 1 aromatic carbocycles. The molecule has 2 N–H and O–H groups in total. The average Bonchev–Trinajstić information content (AvgIpc) is 3.57. The van der Waals surface area contributed by atoms with Crippen LogP contribution in [0.25, 0.3) is 0 Å². The van der Waals surface area contributed by atoms with E-state index in [1.807, 2.05) is 0 Å². The number of benzene rings is 1. The van der Waals surface area contributed by atoms with Crippen LogP contribution in [0.2, 0.25) is 0 Å². The Morgan fingerprint density at radius 1 is 1.09 bits per heavy atom. The van der Waals surface area contributed by atoms with Crippen molar-refractivity contribution in [1.29, 1.82) is 0 Å². The fourth-order valence-electron chi connectivity index (χ4n) is 3.95. The van der Waals surface area contributed by atoms with Crippen LogP contribution in [0.1, 0.15) is 37.3 Å². The summed E-state index contributed by atoms with van der Waals surface area (Å²) < 4.78 is 27.4. The third kappa shape index (κ3) is 5.14. The summed E-state index contributed by atoms with van der Waals surface area (Å²) in [5.74, 6) is 1.19. The molecular formula is C22H24N6O3S2. The van der Waals surface area contributed by atoms with Crippen molar-refractivity contribution in [3.05, 3.63) is 53.9 Å². The quantitative estimate of drug-likeness (QED) is 0.527. The molecule has 3 aromatic rings. The molecule has 1 atom stereocenters. The number of carbonyl (C=O) groups is 1. The minimum Gasteiger partial charge on any atom is -0.356 e. The summed E-state index contributed by atoms with van der Waals surface area (Å²) in [5, 5.41) is 4.93. The highest BCUT2D eigenvalue weighted by molar-refractivity contribution is 7.93. The molecule has 9 nitrogen and oxygen atoms in total. The minimum atomic E-state index is -3.73. The van der Waals surface area contributed by atoms with Crippen molar-refractivity contribution in [2.75, 3.05) is 28.0 Å². The number of carbonyl (C=O) groups excluding carboxylic acids is 1. The molecule has 2 fully saturated rings. The van der Waals surface area contributed by atoms with Crippen LogP contribution >= 0.6 is 11.3 Å². The highest BCUT2D eigenvalue weighted by Crippen LogP contribution is 2.39. The number of rotatable bonds is 7. The maximum atomic E-state index is 12.9. The van der Waals surface area contributed by atoms with Crippen molar-refractivity contribution >= 4 is 43.9 Å². The summed E-state index contributed by atoms with van der Waals surface area (Å²) in [6.07, 6.45) is 7.22. The molecule has 0 unspecified atom stereocenters. The lowest BCUT2D eigenvalue weighted by molar-refractivity contribution is -0.120. The fraction of sp³-hybridized carbons (Fsp3) is 0.364. The maximum absolute atomic E-state index is 12.9. The Labute approximate surface area is 196 Å². The van der Waals surface area contributed by atoms with E-state index in [0.717, 1.165) is 30.9 Å². The Balaban J connectivity index is 1.21. The van der Waals surface area contributed by atoms with E-state index < -0.39 is 10.0 Å². The molecular weight excluding hydrogens is 460 g/mol. The van der Waals surface area contributed by atoms with E-state index in [2.05, 4.69) is 36.0 Å². The normalized spacial score (nSPS) is 18.7. The van der Waals surface area contributed by atoms with Gasteiger partial charge in [-0.2, -0.15) is 0 Å². The SMILES string of the molecule is O=C(Nc1ccc(S(=O)(=O)Nc2nccs2)cc1)[C@@H]1CCCN(c2cc(C3CC3)ncn2)C1. The zero-order valence-electron chi connectivity index (χ0n) is 17.8. The minimum absolute atomic E-state index is 0.0762. The smallest absolute Gasteiger partial charge is 0.263 e. The lowest BCUT2D eigenvalue weighted by Gasteiger charge is -2.33. The average molecular weight is 485 g/mol. The topological polar surface area (TPSA) is 117 Å². The predicted molar refractivity (Wildman–Crippen MR) is 127 cm³/mol. The van der Waals surface area contributed by atoms with E-state index >= 15 is 0 Å². The third-order valence-electron chi connectivity index (χ3n) is 5.87. The molecule has 1 saturated carbocycles. The van der Waals surface area contributed by atoms with Crippen LogP contribution in [0.5, 0.6) is 0 Å². The van der Waals surface area contributed by atoms with Gasteiger partial charge >= 0.3 is 0 Å². The molecule has 2 aromatic heterocycles. The Morgan fingerprint density at radius 2 is 1.91 bits per heavy atom. The molecule has 33 heavy (non-hydrogen) atoms. The van der Waals surface area contributed by atoms with Gasteiger partial charge in [0.1, 0.15) is 12.1 Å². The number of nitrogens with one attached hydrogen (secondary N) is 2. The summed E-state index contributed by atoms with van der Waals surface area (Å²) in [7, 11) is -3.73. The standard InChI is InChI=1S/C22H24N6O3S2/c29-21(16-2-1-10-28(13-16)20-12-19(15-3-4-15)24-14-25-20)26-17-5-7-18(8-6-17)33(30,31)27-22-23-9-11-32-22/h5-9,11-12,14-16H,1-4,10,13H2,(H,23,27)(H,26,29)/t16-/m1/s1. The Kier molecular flexibility index (Phi) is 5.98. The van der Waals surface area contributed by atoms with Gasteiger partial charge in [0.25, 0.3) is 10.0 Å². The molecule has 172 valence electrons. The van der Waals surface area contributed by atoms with Gasteiger partial charge in [-0.15, -0.1) is 11.3 Å². The fourth-order valence-corrected chi connectivity index (χ4v) is 5.73. The molecule has 1 aliphatic heterocycles. The summed E-state index contributed by atoms with van der Waals surface area (Å²) in [5.41, 5.74) is 1.65. The van der Waals surface area contributed by atoms with Gasteiger partial charge in [-0.3, -0.25) is 9.52 Å². The molecule has 11 heteroatoms. The number of thiazole rings is 1. The molecule has 0 bridgehead atoms. The number of amides is 1. The summed E-state index contributed by atoms with van der Waals surface area (Å²) in [4.78, 5) is 27.9. The van der Waals surface area contributed by atoms with E-state index in [0.29, 0.717) is 23.3 Å². The second kappa shape index (κ2) is 9.06. The number of anilines is 3. The Morgan fingerprint density at radius 3 is 2.64 bits per heavy atom. The highest BCUT2D eigenvalue weighted by Gasteiger charge is 2.29. The van der Waals surface area contributed by atoms with Crippen molar-refractivity contribution in [3.63, 3.8) is 0 Å². The van der Waals surface area contributed by atoms with Crippen LogP contribution in [0.15, 0.2) is 53.1 Å². The molecule has 1 amide bonds. The van der Waals surface area contributed by atoms with Gasteiger partial charge in [-0.05, 0) is 49.9 Å². The van der Waals surface area contributed by atoms with Crippen molar-refractivity contribution in [2.45, 2.75) is 36.5 Å². The lowest BCUT2D eigenvalue weighted by Crippen LogP contribution is -2.41. The highest BCUT2D eigenvalue weighted by atomic mass is 32.2. The summed E-state index contributed by atoms with van der Waals surface area (Å²) in [6, 6.07) is 8.19. The number of hydrogen-bond acceptors (Lipinski definition) is 8. The monoisotopic (exact) mass is 484 g/mol. The van der Waals surface area contributed by atoms with Gasteiger partial charge < -0.3 is 10.2 Å².